The molecule has 9 heteroatoms. The molecule has 0 unspecified atom stereocenters. The third-order valence-electron chi connectivity index (χ3n) is 4.81. The van der Waals surface area contributed by atoms with E-state index >= 15 is 0 Å². The standard InChI is InChI=1S/C22H23F2N3O4/c1-14-4-3-5-16-20(14)26-13-27(21(16)29)11-9-19(28)25-10-8-15-6-7-17(30-2)18(12-15)31-22(23)24/h3-7,12-13,22H,8-11H2,1-2H3,(H,25,28). The molecule has 0 aliphatic heterocycles. The van der Waals surface area contributed by atoms with E-state index in [2.05, 4.69) is 15.0 Å². The fourth-order valence-corrected chi connectivity index (χ4v) is 3.22. The lowest BCUT2D eigenvalue weighted by Gasteiger charge is -2.12. The van der Waals surface area contributed by atoms with Crippen molar-refractivity contribution in [1.82, 2.24) is 14.9 Å². The van der Waals surface area contributed by atoms with Crippen LogP contribution in [0.5, 0.6) is 11.5 Å². The summed E-state index contributed by atoms with van der Waals surface area (Å²) in [7, 11) is 1.37. The van der Waals surface area contributed by atoms with Gasteiger partial charge in [0, 0.05) is 19.5 Å². The molecule has 1 amide bonds. The highest BCUT2D eigenvalue weighted by Crippen LogP contribution is 2.29. The van der Waals surface area contributed by atoms with E-state index in [1.165, 1.54) is 30.1 Å². The van der Waals surface area contributed by atoms with Crippen molar-refractivity contribution in [2.75, 3.05) is 13.7 Å². The average Bonchev–Trinajstić information content (AvgIpc) is 2.73. The number of hydrogen-bond donors (Lipinski definition) is 1. The molecule has 0 fully saturated rings. The van der Waals surface area contributed by atoms with Gasteiger partial charge in [-0.05, 0) is 42.7 Å². The van der Waals surface area contributed by atoms with Crippen molar-refractivity contribution in [2.24, 2.45) is 0 Å². The molecule has 0 aliphatic carbocycles. The Morgan fingerprint density at radius 3 is 2.77 bits per heavy atom. The number of para-hydroxylation sites is 1. The summed E-state index contributed by atoms with van der Waals surface area (Å²) in [5, 5.41) is 3.28. The monoisotopic (exact) mass is 431 g/mol. The predicted octanol–water partition coefficient (Wildman–Crippen LogP) is 3.06. The van der Waals surface area contributed by atoms with E-state index in [9.17, 15) is 18.4 Å². The molecule has 3 rings (SSSR count). The van der Waals surface area contributed by atoms with E-state index in [4.69, 9.17) is 4.74 Å². The minimum Gasteiger partial charge on any atom is -0.493 e. The number of hydrogen-bond acceptors (Lipinski definition) is 5. The minimum atomic E-state index is -2.96. The second kappa shape index (κ2) is 10.0. The number of halogens is 2. The van der Waals surface area contributed by atoms with Crippen LogP contribution in [-0.2, 0) is 17.8 Å². The van der Waals surface area contributed by atoms with E-state index < -0.39 is 6.61 Å². The number of alkyl halides is 2. The topological polar surface area (TPSA) is 82.5 Å². The van der Waals surface area contributed by atoms with Crippen molar-refractivity contribution < 1.29 is 23.0 Å². The van der Waals surface area contributed by atoms with Crippen LogP contribution in [0.25, 0.3) is 10.9 Å². The van der Waals surface area contributed by atoms with Gasteiger partial charge in [0.2, 0.25) is 5.91 Å². The fourth-order valence-electron chi connectivity index (χ4n) is 3.22. The van der Waals surface area contributed by atoms with Gasteiger partial charge in [-0.2, -0.15) is 8.78 Å². The molecule has 0 saturated heterocycles. The number of aromatic nitrogens is 2. The van der Waals surface area contributed by atoms with E-state index in [1.807, 2.05) is 13.0 Å². The molecule has 0 spiro atoms. The Hall–Kier alpha value is -3.49. The molecule has 0 bridgehead atoms. The number of fused-ring (bicyclic) bond motifs is 1. The van der Waals surface area contributed by atoms with Gasteiger partial charge in [-0.3, -0.25) is 14.2 Å². The summed E-state index contributed by atoms with van der Waals surface area (Å²) in [6, 6.07) is 10.1. The maximum absolute atomic E-state index is 12.6. The summed E-state index contributed by atoms with van der Waals surface area (Å²) >= 11 is 0. The molecule has 164 valence electrons. The number of carbonyl (C=O) groups is 1. The van der Waals surface area contributed by atoms with Gasteiger partial charge in [0.15, 0.2) is 11.5 Å². The molecule has 1 heterocycles. The zero-order valence-electron chi connectivity index (χ0n) is 17.2. The molecule has 2 aromatic carbocycles. The Balaban J connectivity index is 1.54. The highest BCUT2D eigenvalue weighted by molar-refractivity contribution is 5.80. The molecule has 0 radical (unpaired) electrons. The number of ether oxygens (including phenoxy) is 2. The Labute approximate surface area is 177 Å². The van der Waals surface area contributed by atoms with Crippen LogP contribution in [-0.4, -0.2) is 35.7 Å². The number of rotatable bonds is 9. The summed E-state index contributed by atoms with van der Waals surface area (Å²) in [5.41, 5.74) is 2.09. The lowest BCUT2D eigenvalue weighted by molar-refractivity contribution is -0.121. The maximum atomic E-state index is 12.6. The molecule has 0 atom stereocenters. The van der Waals surface area contributed by atoms with Gasteiger partial charge < -0.3 is 14.8 Å². The average molecular weight is 431 g/mol. The van der Waals surface area contributed by atoms with Gasteiger partial charge in [-0.15, -0.1) is 0 Å². The van der Waals surface area contributed by atoms with E-state index in [0.717, 1.165) is 5.56 Å². The summed E-state index contributed by atoms with van der Waals surface area (Å²) in [6.07, 6.45) is 1.99. The summed E-state index contributed by atoms with van der Waals surface area (Å²) in [4.78, 5) is 29.0. The van der Waals surface area contributed by atoms with Gasteiger partial charge in [0.05, 0.1) is 24.3 Å². The minimum absolute atomic E-state index is 0.0558. The van der Waals surface area contributed by atoms with Gasteiger partial charge in [0.1, 0.15) is 0 Å². The van der Waals surface area contributed by atoms with Crippen LogP contribution in [0.4, 0.5) is 8.78 Å². The third-order valence-corrected chi connectivity index (χ3v) is 4.81. The number of amides is 1. The van der Waals surface area contributed by atoms with Gasteiger partial charge in [-0.25, -0.2) is 4.98 Å². The lowest BCUT2D eigenvalue weighted by Crippen LogP contribution is -2.29. The number of nitrogens with one attached hydrogen (secondary N) is 1. The van der Waals surface area contributed by atoms with Crippen LogP contribution >= 0.6 is 0 Å². The number of aryl methyl sites for hydroxylation is 2. The molecule has 3 aromatic rings. The van der Waals surface area contributed by atoms with Crippen molar-refractivity contribution >= 4 is 16.8 Å². The summed E-state index contributed by atoms with van der Waals surface area (Å²) in [5.74, 6) is -0.0775. The van der Waals surface area contributed by atoms with E-state index in [1.54, 1.807) is 18.2 Å². The van der Waals surface area contributed by atoms with Gasteiger partial charge in [-0.1, -0.05) is 18.2 Å². The molecule has 1 N–H and O–H groups in total. The van der Waals surface area contributed by atoms with E-state index in [0.29, 0.717) is 29.4 Å². The third kappa shape index (κ3) is 5.56. The Morgan fingerprint density at radius 2 is 2.03 bits per heavy atom. The first-order valence-electron chi connectivity index (χ1n) is 9.72. The zero-order valence-corrected chi connectivity index (χ0v) is 17.2. The molecule has 31 heavy (non-hydrogen) atoms. The van der Waals surface area contributed by atoms with Crippen LogP contribution < -0.4 is 20.3 Å². The Morgan fingerprint density at radius 1 is 1.23 bits per heavy atom. The second-order valence-corrected chi connectivity index (χ2v) is 6.93. The number of carbonyl (C=O) groups excluding carboxylic acids is 1. The van der Waals surface area contributed by atoms with Gasteiger partial charge >= 0.3 is 6.61 Å². The maximum Gasteiger partial charge on any atom is 0.387 e. The highest BCUT2D eigenvalue weighted by Gasteiger charge is 2.12. The van der Waals surface area contributed by atoms with Crippen LogP contribution in [0.1, 0.15) is 17.5 Å². The number of methoxy groups -OCH3 is 1. The largest absolute Gasteiger partial charge is 0.493 e. The molecule has 7 nitrogen and oxygen atoms in total. The van der Waals surface area contributed by atoms with Crippen molar-refractivity contribution in [3.8, 4) is 11.5 Å². The Kier molecular flexibility index (Phi) is 7.17. The quantitative estimate of drug-likeness (QED) is 0.563. The van der Waals surface area contributed by atoms with Crippen LogP contribution in [0.2, 0.25) is 0 Å². The smallest absolute Gasteiger partial charge is 0.387 e. The normalized spacial score (nSPS) is 11.0. The molecular weight excluding hydrogens is 408 g/mol. The first-order chi connectivity index (χ1) is 14.9. The fraction of sp³-hybridized carbons (Fsp3) is 0.318. The Bertz CT molecular complexity index is 1130. The first kappa shape index (κ1) is 22.2. The highest BCUT2D eigenvalue weighted by atomic mass is 19.3. The first-order valence-corrected chi connectivity index (χ1v) is 9.72. The number of nitrogens with zero attached hydrogens (tertiary/aromatic N) is 2. The van der Waals surface area contributed by atoms with Crippen LogP contribution in [0, 0.1) is 6.92 Å². The zero-order chi connectivity index (χ0) is 22.4. The summed E-state index contributed by atoms with van der Waals surface area (Å²) < 4.78 is 35.9. The van der Waals surface area contributed by atoms with Crippen molar-refractivity contribution in [1.29, 1.82) is 0 Å². The SMILES string of the molecule is COc1ccc(CCNC(=O)CCn2cnc3c(C)cccc3c2=O)cc1OC(F)F. The summed E-state index contributed by atoms with van der Waals surface area (Å²) in [6.45, 7) is -0.557. The second-order valence-electron chi connectivity index (χ2n) is 6.93. The van der Waals surface area contributed by atoms with E-state index in [-0.39, 0.29) is 35.9 Å². The molecular formula is C22H23F2N3O4. The lowest BCUT2D eigenvalue weighted by atomic mass is 10.1. The van der Waals surface area contributed by atoms with Crippen molar-refractivity contribution in [3.63, 3.8) is 0 Å². The van der Waals surface area contributed by atoms with Crippen LogP contribution in [0.15, 0.2) is 47.5 Å². The number of benzene rings is 2. The molecule has 1 aromatic heterocycles. The molecule has 0 saturated carbocycles. The van der Waals surface area contributed by atoms with Crippen molar-refractivity contribution in [2.45, 2.75) is 32.9 Å². The van der Waals surface area contributed by atoms with Gasteiger partial charge in [0.25, 0.3) is 5.56 Å². The molecule has 0 aliphatic rings. The predicted molar refractivity (Wildman–Crippen MR) is 112 cm³/mol. The van der Waals surface area contributed by atoms with Crippen molar-refractivity contribution in [3.05, 3.63) is 64.2 Å². The van der Waals surface area contributed by atoms with Crippen LogP contribution in [0.3, 0.4) is 0 Å².